The molecule has 2 aliphatic rings. The lowest BCUT2D eigenvalue weighted by molar-refractivity contribution is -0.0149. The third-order valence-corrected chi connectivity index (χ3v) is 5.35. The van der Waals surface area contributed by atoms with E-state index in [4.69, 9.17) is 4.74 Å². The van der Waals surface area contributed by atoms with Crippen LogP contribution in [0.3, 0.4) is 0 Å². The summed E-state index contributed by atoms with van der Waals surface area (Å²) in [4.78, 5) is 2.76. The average Bonchev–Trinajstić information content (AvgIpc) is 2.92. The summed E-state index contributed by atoms with van der Waals surface area (Å²) in [6, 6.07) is 0.655. The van der Waals surface area contributed by atoms with Crippen molar-refractivity contribution in [3.8, 4) is 0 Å². The summed E-state index contributed by atoms with van der Waals surface area (Å²) in [6.07, 6.45) is 6.73. The number of nitrogens with one attached hydrogen (secondary N) is 1. The number of hydrogen-bond acceptors (Lipinski definition) is 3. The third-order valence-electron chi connectivity index (χ3n) is 5.35. The molecule has 2 fully saturated rings. The van der Waals surface area contributed by atoms with Gasteiger partial charge in [-0.05, 0) is 38.0 Å². The highest BCUT2D eigenvalue weighted by Gasteiger charge is 2.40. The summed E-state index contributed by atoms with van der Waals surface area (Å²) in [5.41, 5.74) is 0.347. The van der Waals surface area contributed by atoms with E-state index in [1.165, 1.54) is 38.6 Å². The molecule has 2 heterocycles. The molecule has 0 amide bonds. The number of nitrogens with zero attached hydrogens (tertiary/aromatic N) is 1. The first-order valence-electron chi connectivity index (χ1n) is 8.69. The second-order valence-electron chi connectivity index (χ2n) is 7.18. The van der Waals surface area contributed by atoms with Gasteiger partial charge >= 0.3 is 0 Å². The molecule has 2 unspecified atom stereocenters. The van der Waals surface area contributed by atoms with Crippen LogP contribution in [0.4, 0.5) is 0 Å². The molecule has 0 bridgehead atoms. The van der Waals surface area contributed by atoms with Crippen molar-refractivity contribution in [2.45, 2.75) is 77.5 Å². The first-order valence-corrected chi connectivity index (χ1v) is 8.69. The zero-order valence-electron chi connectivity index (χ0n) is 14.0. The lowest BCUT2D eigenvalue weighted by atomic mass is 9.85. The van der Waals surface area contributed by atoms with Gasteiger partial charge in [0.15, 0.2) is 0 Å². The quantitative estimate of drug-likeness (QED) is 0.810. The van der Waals surface area contributed by atoms with E-state index < -0.39 is 0 Å². The Bertz CT molecular complexity index is 283. The molecule has 2 atom stereocenters. The molecule has 0 aromatic heterocycles. The zero-order chi connectivity index (χ0) is 14.6. The third kappa shape index (κ3) is 3.75. The lowest BCUT2D eigenvalue weighted by Crippen LogP contribution is -2.65. The van der Waals surface area contributed by atoms with E-state index in [9.17, 15) is 0 Å². The second kappa shape index (κ2) is 7.24. The van der Waals surface area contributed by atoms with Crippen molar-refractivity contribution in [2.75, 3.05) is 26.2 Å². The van der Waals surface area contributed by atoms with Crippen LogP contribution in [-0.2, 0) is 4.74 Å². The highest BCUT2D eigenvalue weighted by atomic mass is 16.5. The van der Waals surface area contributed by atoms with Crippen LogP contribution in [-0.4, -0.2) is 48.8 Å². The smallest absolute Gasteiger partial charge is 0.0703 e. The summed E-state index contributed by atoms with van der Waals surface area (Å²) < 4.78 is 5.89. The lowest BCUT2D eigenvalue weighted by Gasteiger charge is -2.50. The van der Waals surface area contributed by atoms with E-state index in [1.54, 1.807) is 0 Å². The van der Waals surface area contributed by atoms with Gasteiger partial charge in [-0.25, -0.2) is 0 Å². The molecule has 2 rings (SSSR count). The minimum atomic E-state index is 0.347. The second-order valence-corrected chi connectivity index (χ2v) is 7.18. The van der Waals surface area contributed by atoms with Crippen LogP contribution >= 0.6 is 0 Å². The van der Waals surface area contributed by atoms with Gasteiger partial charge in [0.05, 0.1) is 6.10 Å². The first-order chi connectivity index (χ1) is 9.59. The highest BCUT2D eigenvalue weighted by Crippen LogP contribution is 2.30. The van der Waals surface area contributed by atoms with Crippen molar-refractivity contribution in [1.82, 2.24) is 10.2 Å². The Hall–Kier alpha value is -0.120. The molecule has 0 saturated carbocycles. The molecule has 0 aliphatic carbocycles. The highest BCUT2D eigenvalue weighted by molar-refractivity contribution is 4.98. The monoisotopic (exact) mass is 282 g/mol. The van der Waals surface area contributed by atoms with Crippen LogP contribution < -0.4 is 5.32 Å². The number of rotatable bonds is 6. The first kappa shape index (κ1) is 16.3. The van der Waals surface area contributed by atoms with Gasteiger partial charge in [0.2, 0.25) is 0 Å². The van der Waals surface area contributed by atoms with Gasteiger partial charge in [-0.3, -0.25) is 4.90 Å². The van der Waals surface area contributed by atoms with Crippen LogP contribution in [0.1, 0.15) is 59.8 Å². The van der Waals surface area contributed by atoms with Gasteiger partial charge in [0.25, 0.3) is 0 Å². The predicted molar refractivity (Wildman–Crippen MR) is 85.1 cm³/mol. The molecular weight excluding hydrogens is 248 g/mol. The molecule has 118 valence electrons. The van der Waals surface area contributed by atoms with E-state index in [0.29, 0.717) is 17.7 Å². The summed E-state index contributed by atoms with van der Waals surface area (Å²) >= 11 is 0. The predicted octanol–water partition coefficient (Wildman–Crippen LogP) is 3.04. The Morgan fingerprint density at radius 3 is 2.60 bits per heavy atom. The molecule has 0 aromatic carbocycles. The molecule has 3 nitrogen and oxygen atoms in total. The fourth-order valence-electron chi connectivity index (χ4n) is 3.95. The van der Waals surface area contributed by atoms with E-state index in [1.807, 2.05) is 0 Å². The Morgan fingerprint density at radius 2 is 2.05 bits per heavy atom. The zero-order valence-corrected chi connectivity index (χ0v) is 14.0. The van der Waals surface area contributed by atoms with Crippen LogP contribution in [0.2, 0.25) is 0 Å². The SMILES string of the molecule is CCC1(CC)CNC(CC(C)C)CN1CC1CCCO1. The Labute approximate surface area is 125 Å². The van der Waals surface area contributed by atoms with Crippen LogP contribution in [0.15, 0.2) is 0 Å². The number of ether oxygens (including phenoxy) is 1. The fraction of sp³-hybridized carbons (Fsp3) is 1.00. The normalized spacial score (nSPS) is 31.1. The summed E-state index contributed by atoms with van der Waals surface area (Å²) in [5.74, 6) is 0.771. The van der Waals surface area contributed by atoms with Gasteiger partial charge < -0.3 is 10.1 Å². The molecule has 3 heteroatoms. The van der Waals surface area contributed by atoms with Gasteiger partial charge in [0.1, 0.15) is 0 Å². The Morgan fingerprint density at radius 1 is 1.30 bits per heavy atom. The van der Waals surface area contributed by atoms with Crippen molar-refractivity contribution in [3.63, 3.8) is 0 Å². The number of hydrogen-bond donors (Lipinski definition) is 1. The number of piperazine rings is 1. The topological polar surface area (TPSA) is 24.5 Å². The average molecular weight is 282 g/mol. The van der Waals surface area contributed by atoms with E-state index >= 15 is 0 Å². The summed E-state index contributed by atoms with van der Waals surface area (Å²) in [6.45, 7) is 13.8. The Kier molecular flexibility index (Phi) is 5.88. The Balaban J connectivity index is 2.01. The summed E-state index contributed by atoms with van der Waals surface area (Å²) in [7, 11) is 0. The van der Waals surface area contributed by atoms with Crippen molar-refractivity contribution < 1.29 is 4.74 Å². The van der Waals surface area contributed by atoms with Crippen LogP contribution in [0.25, 0.3) is 0 Å². The molecule has 0 aromatic rings. The minimum absolute atomic E-state index is 0.347. The standard InChI is InChI=1S/C17H34N2O/c1-5-17(6-2)13-18-15(10-14(3)4)11-19(17)12-16-8-7-9-20-16/h14-16,18H,5-13H2,1-4H3. The minimum Gasteiger partial charge on any atom is -0.377 e. The molecule has 2 aliphatic heterocycles. The van der Waals surface area contributed by atoms with Crippen molar-refractivity contribution >= 4 is 0 Å². The maximum Gasteiger partial charge on any atom is 0.0703 e. The maximum atomic E-state index is 5.89. The maximum absolute atomic E-state index is 5.89. The van der Waals surface area contributed by atoms with Crippen molar-refractivity contribution in [2.24, 2.45) is 5.92 Å². The largest absolute Gasteiger partial charge is 0.377 e. The summed E-state index contributed by atoms with van der Waals surface area (Å²) in [5, 5.41) is 3.82. The van der Waals surface area contributed by atoms with Crippen LogP contribution in [0, 0.1) is 5.92 Å². The molecule has 2 saturated heterocycles. The van der Waals surface area contributed by atoms with Gasteiger partial charge in [-0.2, -0.15) is 0 Å². The molecule has 0 spiro atoms. The van der Waals surface area contributed by atoms with E-state index in [0.717, 1.165) is 25.6 Å². The van der Waals surface area contributed by atoms with Gasteiger partial charge in [0, 0.05) is 37.8 Å². The molecule has 20 heavy (non-hydrogen) atoms. The molecule has 0 radical (unpaired) electrons. The van der Waals surface area contributed by atoms with Crippen molar-refractivity contribution in [1.29, 1.82) is 0 Å². The van der Waals surface area contributed by atoms with Gasteiger partial charge in [-0.15, -0.1) is 0 Å². The fourth-order valence-corrected chi connectivity index (χ4v) is 3.95. The van der Waals surface area contributed by atoms with E-state index in [2.05, 4.69) is 37.9 Å². The van der Waals surface area contributed by atoms with E-state index in [-0.39, 0.29) is 0 Å². The van der Waals surface area contributed by atoms with Gasteiger partial charge in [-0.1, -0.05) is 27.7 Å². The van der Waals surface area contributed by atoms with Crippen molar-refractivity contribution in [3.05, 3.63) is 0 Å². The molecule has 1 N–H and O–H groups in total. The molecular formula is C17H34N2O. The van der Waals surface area contributed by atoms with Crippen LogP contribution in [0.5, 0.6) is 0 Å².